The number of aliphatic hydroxyl groups excluding tert-OH is 3. The van der Waals surface area contributed by atoms with Crippen molar-refractivity contribution in [3.05, 3.63) is 48.4 Å². The van der Waals surface area contributed by atoms with E-state index in [1.54, 1.807) is 0 Å². The van der Waals surface area contributed by atoms with Crippen LogP contribution >= 0.6 is 0 Å². The fraction of sp³-hybridized carbons (Fsp3) is 0.312. The van der Waals surface area contributed by atoms with E-state index in [-0.39, 0.29) is 11.4 Å². The van der Waals surface area contributed by atoms with Gasteiger partial charge in [-0.3, -0.25) is 9.54 Å². The molecular formula is C16H16FNO8S. The van der Waals surface area contributed by atoms with Gasteiger partial charge in [0, 0.05) is 11.8 Å². The third-order valence-corrected chi connectivity index (χ3v) is 4.93. The zero-order valence-electron chi connectivity index (χ0n) is 13.6. The van der Waals surface area contributed by atoms with E-state index in [2.05, 4.69) is 4.98 Å². The molecule has 0 radical (unpaired) electrons. The highest BCUT2D eigenvalue weighted by atomic mass is 32.2. The van der Waals surface area contributed by atoms with Gasteiger partial charge in [-0.1, -0.05) is 0 Å². The quantitative estimate of drug-likeness (QED) is 0.517. The lowest BCUT2D eigenvalue weighted by atomic mass is 10.1. The third-order valence-electron chi connectivity index (χ3n) is 3.95. The van der Waals surface area contributed by atoms with Gasteiger partial charge < -0.3 is 24.8 Å². The van der Waals surface area contributed by atoms with Crippen LogP contribution in [0, 0.1) is 5.82 Å². The molecule has 1 aliphatic rings. The van der Waals surface area contributed by atoms with Crippen LogP contribution in [0.4, 0.5) is 4.39 Å². The average molecular weight is 401 g/mol. The van der Waals surface area contributed by atoms with Crippen molar-refractivity contribution in [2.24, 2.45) is 0 Å². The van der Waals surface area contributed by atoms with Gasteiger partial charge in [0.15, 0.2) is 0 Å². The molecule has 5 atom stereocenters. The summed E-state index contributed by atoms with van der Waals surface area (Å²) in [5.74, 6) is -0.429. The van der Waals surface area contributed by atoms with Crippen LogP contribution in [0.3, 0.4) is 0 Å². The summed E-state index contributed by atoms with van der Waals surface area (Å²) in [6.45, 7) is 0. The first-order chi connectivity index (χ1) is 12.7. The topological polar surface area (TPSA) is 146 Å². The highest BCUT2D eigenvalue weighted by Crippen LogP contribution is 2.32. The maximum absolute atomic E-state index is 13.1. The molecule has 3 rings (SSSR count). The number of benzene rings is 1. The molecule has 0 bridgehead atoms. The standard InChI is InChI=1S/C16H16FNO8S/c17-9-5-3-8(4-6-9)11-10(2-1-7-18-11)25-15-13(20)12(19)14(21)16(26-15)27(22,23)24/h1-7,12-16,19-21H,(H,22,23,24)/t12-,13-,14+,15-,16?/m1/s1. The Morgan fingerprint density at radius 3 is 2.33 bits per heavy atom. The fourth-order valence-corrected chi connectivity index (χ4v) is 3.36. The summed E-state index contributed by atoms with van der Waals surface area (Å²) in [7, 11) is -4.90. The highest BCUT2D eigenvalue weighted by Gasteiger charge is 2.50. The predicted octanol–water partition coefficient (Wildman–Crippen LogP) is -0.0806. The lowest BCUT2D eigenvalue weighted by Gasteiger charge is -2.38. The number of nitrogens with zero attached hydrogens (tertiary/aromatic N) is 1. The molecule has 1 aromatic heterocycles. The van der Waals surface area contributed by atoms with Crippen LogP contribution in [0.15, 0.2) is 42.6 Å². The molecule has 2 aromatic rings. The van der Waals surface area contributed by atoms with Gasteiger partial charge in [0.1, 0.15) is 35.6 Å². The molecule has 1 aliphatic heterocycles. The molecule has 2 heterocycles. The van der Waals surface area contributed by atoms with Crippen LogP contribution in [0.1, 0.15) is 0 Å². The van der Waals surface area contributed by atoms with Crippen molar-refractivity contribution in [1.29, 1.82) is 0 Å². The maximum Gasteiger partial charge on any atom is 0.295 e. The Morgan fingerprint density at radius 2 is 1.70 bits per heavy atom. The van der Waals surface area contributed by atoms with Crippen molar-refractivity contribution in [1.82, 2.24) is 4.98 Å². The number of halogens is 1. The first-order valence-electron chi connectivity index (χ1n) is 7.72. The second-order valence-electron chi connectivity index (χ2n) is 5.83. The van der Waals surface area contributed by atoms with E-state index in [0.29, 0.717) is 5.56 Å². The lowest BCUT2D eigenvalue weighted by Crippen LogP contribution is -2.61. The van der Waals surface area contributed by atoms with Gasteiger partial charge in [-0.2, -0.15) is 8.42 Å². The van der Waals surface area contributed by atoms with Crippen molar-refractivity contribution >= 4 is 10.1 Å². The van der Waals surface area contributed by atoms with Crippen LogP contribution in [0.2, 0.25) is 0 Å². The molecule has 1 unspecified atom stereocenters. The van der Waals surface area contributed by atoms with Gasteiger partial charge in [-0.05, 0) is 36.4 Å². The van der Waals surface area contributed by atoms with Crippen LogP contribution in [0.25, 0.3) is 11.3 Å². The second kappa shape index (κ2) is 7.46. The molecule has 0 aliphatic carbocycles. The first kappa shape index (κ1) is 19.6. The minimum atomic E-state index is -4.90. The van der Waals surface area contributed by atoms with Crippen molar-refractivity contribution < 1.29 is 42.2 Å². The van der Waals surface area contributed by atoms with E-state index in [9.17, 15) is 28.1 Å². The SMILES string of the molecule is O=S(=O)(O)C1O[C@@H](Oc2cccnc2-c2ccc(F)cc2)[C@H](O)[C@@H](O)[C@@H]1O. The molecule has 11 heteroatoms. The number of rotatable bonds is 4. The number of ether oxygens (including phenoxy) is 2. The molecule has 146 valence electrons. The maximum atomic E-state index is 13.1. The van der Waals surface area contributed by atoms with Crippen LogP contribution < -0.4 is 4.74 Å². The van der Waals surface area contributed by atoms with Crippen molar-refractivity contribution in [2.75, 3.05) is 0 Å². The summed E-state index contributed by atoms with van der Waals surface area (Å²) in [6.07, 6.45) is -6.16. The molecule has 9 nitrogen and oxygen atoms in total. The number of pyridine rings is 1. The Morgan fingerprint density at radius 1 is 1.04 bits per heavy atom. The number of aliphatic hydroxyl groups is 3. The molecule has 1 saturated heterocycles. The van der Waals surface area contributed by atoms with Gasteiger partial charge in [0.25, 0.3) is 10.1 Å². The number of hydrogen-bond acceptors (Lipinski definition) is 8. The molecular weight excluding hydrogens is 385 g/mol. The molecule has 0 amide bonds. The van der Waals surface area contributed by atoms with E-state index in [4.69, 9.17) is 14.0 Å². The van der Waals surface area contributed by atoms with E-state index >= 15 is 0 Å². The van der Waals surface area contributed by atoms with Gasteiger partial charge in [-0.15, -0.1) is 0 Å². The Labute approximate surface area is 153 Å². The van der Waals surface area contributed by atoms with Gasteiger partial charge >= 0.3 is 0 Å². The van der Waals surface area contributed by atoms with E-state index in [1.165, 1.54) is 42.6 Å². The summed E-state index contributed by atoms with van der Waals surface area (Å²) in [6, 6.07) is 8.19. The summed E-state index contributed by atoms with van der Waals surface area (Å²) in [5, 5.41) is 29.6. The number of hydrogen-bond donors (Lipinski definition) is 4. The van der Waals surface area contributed by atoms with Crippen LogP contribution in [0.5, 0.6) is 5.75 Å². The zero-order chi connectivity index (χ0) is 19.8. The van der Waals surface area contributed by atoms with E-state index in [0.717, 1.165) is 0 Å². The van der Waals surface area contributed by atoms with Gasteiger partial charge in [-0.25, -0.2) is 4.39 Å². The van der Waals surface area contributed by atoms with Crippen LogP contribution in [-0.2, 0) is 14.9 Å². The monoisotopic (exact) mass is 401 g/mol. The second-order valence-corrected chi connectivity index (χ2v) is 7.33. The summed E-state index contributed by atoms with van der Waals surface area (Å²) < 4.78 is 55.4. The Hall–Kier alpha value is -2.15. The minimum Gasteiger partial charge on any atom is -0.460 e. The van der Waals surface area contributed by atoms with Crippen LogP contribution in [-0.4, -0.2) is 63.3 Å². The van der Waals surface area contributed by atoms with Gasteiger partial charge in [0.05, 0.1) is 0 Å². The van der Waals surface area contributed by atoms with Gasteiger partial charge in [0.2, 0.25) is 11.7 Å². The first-order valence-corrected chi connectivity index (χ1v) is 9.22. The molecule has 27 heavy (non-hydrogen) atoms. The average Bonchev–Trinajstić information content (AvgIpc) is 2.62. The molecule has 0 spiro atoms. The smallest absolute Gasteiger partial charge is 0.295 e. The molecule has 1 aromatic carbocycles. The van der Waals surface area contributed by atoms with E-state index < -0.39 is 46.0 Å². The third kappa shape index (κ3) is 4.08. The zero-order valence-corrected chi connectivity index (χ0v) is 14.4. The summed E-state index contributed by atoms with van der Waals surface area (Å²) in [4.78, 5) is 4.11. The fourth-order valence-electron chi connectivity index (χ4n) is 2.60. The lowest BCUT2D eigenvalue weighted by molar-refractivity contribution is -0.254. The highest BCUT2D eigenvalue weighted by molar-refractivity contribution is 7.86. The van der Waals surface area contributed by atoms with Crippen molar-refractivity contribution in [3.63, 3.8) is 0 Å². The molecule has 4 N–H and O–H groups in total. The predicted molar refractivity (Wildman–Crippen MR) is 88.5 cm³/mol. The van der Waals surface area contributed by atoms with Crippen molar-refractivity contribution in [2.45, 2.75) is 30.0 Å². The number of aromatic nitrogens is 1. The Bertz CT molecular complexity index is 907. The largest absolute Gasteiger partial charge is 0.460 e. The van der Waals surface area contributed by atoms with E-state index in [1.807, 2.05) is 0 Å². The normalized spacial score (nSPS) is 28.7. The Kier molecular flexibility index (Phi) is 5.42. The Balaban J connectivity index is 1.91. The molecule has 1 fully saturated rings. The minimum absolute atomic E-state index is 0.0332. The van der Waals surface area contributed by atoms with Crippen molar-refractivity contribution in [3.8, 4) is 17.0 Å². The summed E-state index contributed by atoms with van der Waals surface area (Å²) in [5.41, 5.74) is -1.52. The molecule has 0 saturated carbocycles. The summed E-state index contributed by atoms with van der Waals surface area (Å²) >= 11 is 0.